The smallest absolute Gasteiger partial charge is 0.306 e. The molecule has 0 N–H and O–H groups in total. The number of esters is 3. The van der Waals surface area contributed by atoms with Gasteiger partial charge in [0.2, 0.25) is 0 Å². The average Bonchev–Trinajstić information content (AvgIpc) is 3.29. The molecule has 64 heavy (non-hydrogen) atoms. The minimum atomic E-state index is -0.795. The number of hydrogen-bond donors (Lipinski definition) is 0. The lowest BCUT2D eigenvalue weighted by atomic mass is 10.0. The van der Waals surface area contributed by atoms with Crippen LogP contribution < -0.4 is 0 Å². The van der Waals surface area contributed by atoms with E-state index in [1.54, 1.807) is 0 Å². The molecule has 0 aliphatic carbocycles. The summed E-state index contributed by atoms with van der Waals surface area (Å²) in [5, 5.41) is 0. The summed E-state index contributed by atoms with van der Waals surface area (Å²) in [5.41, 5.74) is 0. The van der Waals surface area contributed by atoms with Crippen LogP contribution in [0.2, 0.25) is 0 Å². The Morgan fingerprint density at radius 1 is 0.328 bits per heavy atom. The third-order valence-corrected chi connectivity index (χ3v) is 11.8. The Morgan fingerprint density at radius 3 is 1.02 bits per heavy atom. The van der Waals surface area contributed by atoms with E-state index in [0.717, 1.165) is 77.0 Å². The van der Waals surface area contributed by atoms with Gasteiger partial charge in [-0.3, -0.25) is 14.4 Å². The first-order valence-electron chi connectivity index (χ1n) is 27.3. The fourth-order valence-electron chi connectivity index (χ4n) is 7.67. The van der Waals surface area contributed by atoms with Crippen molar-refractivity contribution >= 4 is 17.9 Å². The van der Waals surface area contributed by atoms with Crippen molar-refractivity contribution in [2.24, 2.45) is 0 Å². The van der Waals surface area contributed by atoms with Crippen LogP contribution in [0.4, 0.5) is 0 Å². The molecule has 0 saturated carbocycles. The van der Waals surface area contributed by atoms with Gasteiger partial charge in [-0.15, -0.1) is 0 Å². The predicted molar refractivity (Wildman–Crippen MR) is 275 cm³/mol. The second kappa shape index (κ2) is 52.7. The summed E-state index contributed by atoms with van der Waals surface area (Å²) < 4.78 is 16.8. The first-order valence-corrected chi connectivity index (χ1v) is 27.3. The monoisotopic (exact) mass is 895 g/mol. The van der Waals surface area contributed by atoms with Crippen molar-refractivity contribution in [3.63, 3.8) is 0 Å². The highest BCUT2D eigenvalue weighted by molar-refractivity contribution is 5.71. The lowest BCUT2D eigenvalue weighted by Gasteiger charge is -2.18. The summed E-state index contributed by atoms with van der Waals surface area (Å²) in [6.07, 6.45) is 65.0. The lowest BCUT2D eigenvalue weighted by Crippen LogP contribution is -2.30. The van der Waals surface area contributed by atoms with Gasteiger partial charge in [0.25, 0.3) is 0 Å². The summed E-state index contributed by atoms with van der Waals surface area (Å²) in [6, 6.07) is 0. The van der Waals surface area contributed by atoms with Crippen molar-refractivity contribution in [1.29, 1.82) is 0 Å². The van der Waals surface area contributed by atoms with Gasteiger partial charge in [-0.2, -0.15) is 0 Å². The van der Waals surface area contributed by atoms with Gasteiger partial charge < -0.3 is 14.2 Å². The summed E-state index contributed by atoms with van der Waals surface area (Å²) >= 11 is 0. The van der Waals surface area contributed by atoms with Crippen LogP contribution >= 0.6 is 0 Å². The van der Waals surface area contributed by atoms with Crippen LogP contribution in [0.1, 0.15) is 271 Å². The quantitative estimate of drug-likeness (QED) is 0.0262. The Balaban J connectivity index is 4.44. The Hall–Kier alpha value is -2.89. The van der Waals surface area contributed by atoms with Gasteiger partial charge in [-0.05, 0) is 77.0 Å². The fraction of sp³-hybridized carbons (Fsp3) is 0.776. The third-order valence-electron chi connectivity index (χ3n) is 11.8. The maximum atomic E-state index is 12.8. The van der Waals surface area contributed by atoms with E-state index in [1.807, 2.05) is 0 Å². The third kappa shape index (κ3) is 50.1. The number of unbranched alkanes of at least 4 members (excludes halogenated alkanes) is 28. The van der Waals surface area contributed by atoms with Crippen molar-refractivity contribution < 1.29 is 28.6 Å². The second-order valence-electron chi connectivity index (χ2n) is 18.1. The van der Waals surface area contributed by atoms with Gasteiger partial charge in [-0.25, -0.2) is 0 Å². The van der Waals surface area contributed by atoms with Crippen LogP contribution in [-0.4, -0.2) is 37.2 Å². The number of rotatable bonds is 49. The van der Waals surface area contributed by atoms with Crippen molar-refractivity contribution in [2.45, 2.75) is 277 Å². The van der Waals surface area contributed by atoms with Gasteiger partial charge in [0.1, 0.15) is 13.2 Å². The van der Waals surface area contributed by atoms with Gasteiger partial charge in [-0.1, -0.05) is 236 Å². The Bertz CT molecular complexity index is 1170. The largest absolute Gasteiger partial charge is 0.462 e. The fourth-order valence-corrected chi connectivity index (χ4v) is 7.67. The van der Waals surface area contributed by atoms with Gasteiger partial charge in [0, 0.05) is 19.3 Å². The first kappa shape index (κ1) is 61.1. The van der Waals surface area contributed by atoms with Crippen LogP contribution in [0.3, 0.4) is 0 Å². The summed E-state index contributed by atoms with van der Waals surface area (Å²) in [4.78, 5) is 38.0. The molecule has 1 unspecified atom stereocenters. The Kier molecular flexibility index (Phi) is 50.4. The normalized spacial score (nSPS) is 12.5. The standard InChI is InChI=1S/C58H102O6/c1-4-7-10-13-16-19-22-25-28-29-31-33-36-39-42-45-48-51-57(60)63-54-55(53-62-56(59)50-47-44-41-38-35-32-27-24-21-18-15-12-9-6-3)64-58(61)52-49-46-43-40-37-34-30-26-23-20-17-14-11-8-5-2/h9,12,18,21,25,28,31,33,39,42,55H,4-8,10-11,13-17,19-20,22-24,26-27,29-30,32,34-38,40-41,43-54H2,1-3H3/b12-9-,21-18-,28-25-,33-31-,42-39-. The van der Waals surface area contributed by atoms with Gasteiger partial charge in [0.15, 0.2) is 6.10 Å². The van der Waals surface area contributed by atoms with E-state index >= 15 is 0 Å². The van der Waals surface area contributed by atoms with Crippen molar-refractivity contribution in [3.8, 4) is 0 Å². The molecule has 0 heterocycles. The molecule has 0 radical (unpaired) electrons. The van der Waals surface area contributed by atoms with Crippen LogP contribution in [0.25, 0.3) is 0 Å². The van der Waals surface area contributed by atoms with Crippen LogP contribution in [0.5, 0.6) is 0 Å². The average molecular weight is 895 g/mol. The minimum Gasteiger partial charge on any atom is -0.462 e. The summed E-state index contributed by atoms with van der Waals surface area (Å²) in [6.45, 7) is 6.50. The SMILES string of the molecule is CC/C=C\C/C=C\CCCCCCCCCC(=O)OCC(COC(=O)CCC/C=C\C/C=C\C/C=C\CCCCCCCC)OC(=O)CCCCCCCCCCCCCCCCC. The molecular weight excluding hydrogens is 793 g/mol. The summed E-state index contributed by atoms with van der Waals surface area (Å²) in [5.74, 6) is -0.945. The zero-order valence-corrected chi connectivity index (χ0v) is 42.3. The van der Waals surface area contributed by atoms with E-state index in [-0.39, 0.29) is 37.5 Å². The molecule has 0 aliphatic heterocycles. The zero-order valence-electron chi connectivity index (χ0n) is 42.3. The molecule has 0 fully saturated rings. The number of carbonyl (C=O) groups is 3. The van der Waals surface area contributed by atoms with Crippen LogP contribution in [0.15, 0.2) is 60.8 Å². The van der Waals surface area contributed by atoms with E-state index < -0.39 is 6.10 Å². The molecule has 6 nitrogen and oxygen atoms in total. The first-order chi connectivity index (χ1) is 31.5. The van der Waals surface area contributed by atoms with E-state index in [9.17, 15) is 14.4 Å². The van der Waals surface area contributed by atoms with E-state index in [0.29, 0.717) is 19.3 Å². The second-order valence-corrected chi connectivity index (χ2v) is 18.1. The van der Waals surface area contributed by atoms with Crippen LogP contribution in [0, 0.1) is 0 Å². The molecule has 0 aromatic rings. The number of ether oxygens (including phenoxy) is 3. The molecular formula is C58H102O6. The summed E-state index contributed by atoms with van der Waals surface area (Å²) in [7, 11) is 0. The Morgan fingerprint density at radius 2 is 0.625 bits per heavy atom. The molecule has 370 valence electrons. The van der Waals surface area contributed by atoms with E-state index in [2.05, 4.69) is 81.5 Å². The number of carbonyl (C=O) groups excluding carboxylic acids is 3. The molecule has 0 aromatic carbocycles. The number of hydrogen-bond acceptors (Lipinski definition) is 6. The molecule has 0 aliphatic rings. The maximum absolute atomic E-state index is 12.8. The highest BCUT2D eigenvalue weighted by Gasteiger charge is 2.19. The molecule has 0 aromatic heterocycles. The van der Waals surface area contributed by atoms with Crippen molar-refractivity contribution in [2.75, 3.05) is 13.2 Å². The Labute approximate surface area is 396 Å². The molecule has 6 heteroatoms. The zero-order chi connectivity index (χ0) is 46.5. The van der Waals surface area contributed by atoms with E-state index in [1.165, 1.54) is 148 Å². The highest BCUT2D eigenvalue weighted by atomic mass is 16.6. The molecule has 0 saturated heterocycles. The van der Waals surface area contributed by atoms with Gasteiger partial charge >= 0.3 is 17.9 Å². The van der Waals surface area contributed by atoms with Crippen molar-refractivity contribution in [3.05, 3.63) is 60.8 Å². The molecule has 0 spiro atoms. The molecule has 1 atom stereocenters. The highest BCUT2D eigenvalue weighted by Crippen LogP contribution is 2.15. The van der Waals surface area contributed by atoms with Gasteiger partial charge in [0.05, 0.1) is 0 Å². The van der Waals surface area contributed by atoms with E-state index in [4.69, 9.17) is 14.2 Å². The lowest BCUT2D eigenvalue weighted by molar-refractivity contribution is -0.167. The predicted octanol–water partition coefficient (Wildman–Crippen LogP) is 18.0. The minimum absolute atomic E-state index is 0.0920. The van der Waals surface area contributed by atoms with Crippen molar-refractivity contribution in [1.82, 2.24) is 0 Å². The van der Waals surface area contributed by atoms with Crippen LogP contribution in [-0.2, 0) is 28.6 Å². The topological polar surface area (TPSA) is 78.9 Å². The number of allylic oxidation sites excluding steroid dienone is 10. The molecule has 0 rings (SSSR count). The maximum Gasteiger partial charge on any atom is 0.306 e. The molecule has 0 bridgehead atoms. The molecule has 0 amide bonds.